The highest BCUT2D eigenvalue weighted by Crippen LogP contribution is 2.20. The van der Waals surface area contributed by atoms with Crippen molar-refractivity contribution in [1.82, 2.24) is 14.7 Å². The summed E-state index contributed by atoms with van der Waals surface area (Å²) in [7, 11) is -2.32. The Morgan fingerprint density at radius 3 is 2.43 bits per heavy atom. The fourth-order valence-corrected chi connectivity index (χ4v) is 3.28. The van der Waals surface area contributed by atoms with Crippen LogP contribution in [0.1, 0.15) is 5.56 Å². The van der Waals surface area contributed by atoms with E-state index < -0.39 is 33.2 Å². The van der Waals surface area contributed by atoms with Gasteiger partial charge in [-0.1, -0.05) is 0 Å². The number of likely N-dealkylation sites (N-methyl/N-ethyl adjacent to an activating group) is 1. The van der Waals surface area contributed by atoms with E-state index in [0.29, 0.717) is 26.2 Å². The van der Waals surface area contributed by atoms with E-state index in [1.54, 1.807) is 0 Å². The molecule has 0 atom stereocenters. The summed E-state index contributed by atoms with van der Waals surface area (Å²) in [6, 6.07) is 1.70. The van der Waals surface area contributed by atoms with Gasteiger partial charge in [-0.3, -0.25) is 0 Å². The van der Waals surface area contributed by atoms with Gasteiger partial charge in [-0.2, -0.15) is 0 Å². The van der Waals surface area contributed by atoms with Crippen LogP contribution in [0.5, 0.6) is 0 Å². The molecular weight excluding hydrogens is 304 g/mol. The summed E-state index contributed by atoms with van der Waals surface area (Å²) < 4.78 is 51.5. The summed E-state index contributed by atoms with van der Waals surface area (Å²) in [5.41, 5.74) is -0.00680. The lowest BCUT2D eigenvalue weighted by Crippen LogP contribution is -2.52. The van der Waals surface area contributed by atoms with Gasteiger partial charge in [0.2, 0.25) is 0 Å². The first-order chi connectivity index (χ1) is 9.83. The fraction of sp³-hybridized carbons (Fsp3) is 0.500. The van der Waals surface area contributed by atoms with E-state index in [2.05, 4.69) is 4.83 Å². The topological polar surface area (TPSA) is 72.9 Å². The molecule has 1 heterocycles. The number of hydrazine groups is 1. The fourth-order valence-electron chi connectivity index (χ4n) is 2.02. The molecule has 1 aromatic rings. The predicted molar refractivity (Wildman–Crippen MR) is 71.7 cm³/mol. The first-order valence-corrected chi connectivity index (χ1v) is 7.86. The van der Waals surface area contributed by atoms with E-state index in [1.165, 1.54) is 5.01 Å². The van der Waals surface area contributed by atoms with Crippen LogP contribution in [0.25, 0.3) is 0 Å². The Kier molecular flexibility index (Phi) is 4.89. The average molecular weight is 321 g/mol. The minimum Gasteiger partial charge on any atom is -0.392 e. The van der Waals surface area contributed by atoms with Gasteiger partial charge in [-0.15, -0.1) is 4.83 Å². The lowest BCUT2D eigenvalue weighted by atomic mass is 10.2. The highest BCUT2D eigenvalue weighted by atomic mass is 32.2. The molecule has 1 aliphatic rings. The molecule has 1 fully saturated rings. The number of rotatable bonds is 4. The molecule has 1 saturated heterocycles. The van der Waals surface area contributed by atoms with Crippen molar-refractivity contribution in [3.05, 3.63) is 29.3 Å². The maximum atomic E-state index is 13.7. The summed E-state index contributed by atoms with van der Waals surface area (Å²) in [6.07, 6.45) is 0. The Bertz CT molecular complexity index is 616. The van der Waals surface area contributed by atoms with Crippen molar-refractivity contribution in [2.45, 2.75) is 11.5 Å². The number of nitrogens with one attached hydrogen (secondary N) is 1. The van der Waals surface area contributed by atoms with Crippen molar-refractivity contribution >= 4 is 10.0 Å². The number of sulfonamides is 1. The molecule has 0 spiro atoms. The van der Waals surface area contributed by atoms with Crippen LogP contribution in [-0.4, -0.2) is 56.7 Å². The molecule has 0 radical (unpaired) electrons. The Hall–Kier alpha value is -1.13. The van der Waals surface area contributed by atoms with Crippen LogP contribution in [0, 0.1) is 11.6 Å². The second-order valence-electron chi connectivity index (χ2n) is 4.93. The van der Waals surface area contributed by atoms with Gasteiger partial charge in [0.25, 0.3) is 10.0 Å². The van der Waals surface area contributed by atoms with Gasteiger partial charge in [-0.05, 0) is 24.7 Å². The molecule has 2 N–H and O–H groups in total. The molecule has 0 saturated carbocycles. The second-order valence-corrected chi connectivity index (χ2v) is 6.56. The summed E-state index contributed by atoms with van der Waals surface area (Å²) in [6.45, 7) is 1.64. The zero-order valence-electron chi connectivity index (χ0n) is 11.5. The maximum Gasteiger partial charge on any atom is 0.256 e. The van der Waals surface area contributed by atoms with Gasteiger partial charge in [-0.25, -0.2) is 22.2 Å². The average Bonchev–Trinajstić information content (AvgIpc) is 2.43. The number of piperazine rings is 1. The van der Waals surface area contributed by atoms with Gasteiger partial charge < -0.3 is 10.0 Å². The molecule has 1 aliphatic heterocycles. The molecule has 9 heteroatoms. The van der Waals surface area contributed by atoms with E-state index in [0.717, 1.165) is 12.1 Å². The van der Waals surface area contributed by atoms with E-state index >= 15 is 0 Å². The van der Waals surface area contributed by atoms with Crippen molar-refractivity contribution in [3.8, 4) is 0 Å². The van der Waals surface area contributed by atoms with Crippen LogP contribution in [0.2, 0.25) is 0 Å². The van der Waals surface area contributed by atoms with Crippen molar-refractivity contribution in [3.63, 3.8) is 0 Å². The largest absolute Gasteiger partial charge is 0.392 e. The van der Waals surface area contributed by atoms with Crippen molar-refractivity contribution < 1.29 is 22.3 Å². The maximum absolute atomic E-state index is 13.7. The highest BCUT2D eigenvalue weighted by Gasteiger charge is 2.26. The highest BCUT2D eigenvalue weighted by molar-refractivity contribution is 7.89. The predicted octanol–water partition coefficient (Wildman–Crippen LogP) is -0.102. The number of aliphatic hydroxyl groups excluding tert-OH is 1. The number of aliphatic hydroxyl groups is 1. The van der Waals surface area contributed by atoms with Crippen LogP contribution in [0.4, 0.5) is 8.78 Å². The third kappa shape index (κ3) is 3.74. The lowest BCUT2D eigenvalue weighted by Gasteiger charge is -2.32. The number of benzene rings is 1. The van der Waals surface area contributed by atoms with Gasteiger partial charge in [0.05, 0.1) is 6.61 Å². The molecule has 2 rings (SSSR count). The van der Waals surface area contributed by atoms with Crippen molar-refractivity contribution in [1.29, 1.82) is 0 Å². The quantitative estimate of drug-likeness (QED) is 0.810. The summed E-state index contributed by atoms with van der Waals surface area (Å²) in [5, 5.41) is 10.4. The summed E-state index contributed by atoms with van der Waals surface area (Å²) in [5.74, 6) is -2.76. The molecular formula is C12H17F2N3O3S. The Labute approximate surface area is 122 Å². The first kappa shape index (κ1) is 16.2. The van der Waals surface area contributed by atoms with Gasteiger partial charge >= 0.3 is 0 Å². The lowest BCUT2D eigenvalue weighted by molar-refractivity contribution is 0.134. The Balaban J connectivity index is 2.25. The van der Waals surface area contributed by atoms with Crippen LogP contribution in [-0.2, 0) is 16.6 Å². The zero-order valence-corrected chi connectivity index (χ0v) is 12.3. The van der Waals surface area contributed by atoms with E-state index in [4.69, 9.17) is 5.11 Å². The summed E-state index contributed by atoms with van der Waals surface area (Å²) >= 11 is 0. The Morgan fingerprint density at radius 1 is 1.24 bits per heavy atom. The molecule has 0 aromatic heterocycles. The third-order valence-electron chi connectivity index (χ3n) is 3.28. The monoisotopic (exact) mass is 321 g/mol. The van der Waals surface area contributed by atoms with E-state index in [-0.39, 0.29) is 5.56 Å². The smallest absolute Gasteiger partial charge is 0.256 e. The van der Waals surface area contributed by atoms with E-state index in [1.807, 2.05) is 11.9 Å². The minimum absolute atomic E-state index is 0.00680. The molecule has 6 nitrogen and oxygen atoms in total. The third-order valence-corrected chi connectivity index (χ3v) is 4.65. The number of hydrogen-bond donors (Lipinski definition) is 2. The zero-order chi connectivity index (χ0) is 15.6. The SMILES string of the molecule is CN1CCN(NS(=O)(=O)c2cc(CO)cc(F)c2F)CC1. The van der Waals surface area contributed by atoms with Crippen LogP contribution in [0.3, 0.4) is 0 Å². The van der Waals surface area contributed by atoms with Crippen LogP contribution in [0.15, 0.2) is 17.0 Å². The van der Waals surface area contributed by atoms with Crippen molar-refractivity contribution in [2.75, 3.05) is 33.2 Å². The molecule has 0 aliphatic carbocycles. The number of hydrogen-bond acceptors (Lipinski definition) is 5. The molecule has 1 aromatic carbocycles. The standard InChI is InChI=1S/C12H17F2N3O3S/c1-16-2-4-17(5-3-16)15-21(19,20)11-7-9(8-18)6-10(13)12(11)14/h6-7,15,18H,2-5,8H2,1H3. The molecule has 118 valence electrons. The molecule has 0 unspecified atom stereocenters. The number of nitrogens with zero attached hydrogens (tertiary/aromatic N) is 2. The van der Waals surface area contributed by atoms with Crippen molar-refractivity contribution in [2.24, 2.45) is 0 Å². The Morgan fingerprint density at radius 2 is 1.86 bits per heavy atom. The molecule has 21 heavy (non-hydrogen) atoms. The van der Waals surface area contributed by atoms with Crippen LogP contribution >= 0.6 is 0 Å². The summed E-state index contributed by atoms with van der Waals surface area (Å²) in [4.78, 5) is 3.47. The van der Waals surface area contributed by atoms with Crippen LogP contribution < -0.4 is 4.83 Å². The molecule has 0 bridgehead atoms. The van der Waals surface area contributed by atoms with Gasteiger partial charge in [0, 0.05) is 26.2 Å². The van der Waals surface area contributed by atoms with Gasteiger partial charge in [0.15, 0.2) is 11.6 Å². The minimum atomic E-state index is -4.23. The van der Waals surface area contributed by atoms with E-state index in [9.17, 15) is 17.2 Å². The number of halogens is 2. The molecule has 0 amide bonds. The first-order valence-electron chi connectivity index (χ1n) is 6.38. The second kappa shape index (κ2) is 6.32. The van der Waals surface area contributed by atoms with Gasteiger partial charge in [0.1, 0.15) is 4.90 Å². The normalized spacial score (nSPS) is 18.1.